The van der Waals surface area contributed by atoms with Gasteiger partial charge >= 0.3 is 0 Å². The van der Waals surface area contributed by atoms with Crippen molar-refractivity contribution in [2.24, 2.45) is 5.92 Å². The first-order chi connectivity index (χ1) is 7.72. The summed E-state index contributed by atoms with van der Waals surface area (Å²) in [6, 6.07) is 8.32. The normalized spacial score (nSPS) is 33.1. The highest BCUT2D eigenvalue weighted by molar-refractivity contribution is 5.58. The fourth-order valence-corrected chi connectivity index (χ4v) is 3.43. The van der Waals surface area contributed by atoms with E-state index < -0.39 is 5.60 Å². The lowest BCUT2D eigenvalue weighted by molar-refractivity contribution is -0.0551. The zero-order valence-electron chi connectivity index (χ0n) is 9.82. The van der Waals surface area contributed by atoms with Crippen molar-refractivity contribution in [2.45, 2.75) is 31.3 Å². The molecule has 2 unspecified atom stereocenters. The summed E-state index contributed by atoms with van der Waals surface area (Å²) in [4.78, 5) is 2.29. The molecule has 2 aliphatic rings. The van der Waals surface area contributed by atoms with E-state index in [4.69, 9.17) is 0 Å². The number of rotatable bonds is 0. The molecule has 0 saturated heterocycles. The van der Waals surface area contributed by atoms with Crippen LogP contribution in [0.2, 0.25) is 0 Å². The number of anilines is 1. The average molecular weight is 217 g/mol. The number of hydrogen-bond acceptors (Lipinski definition) is 2. The molecule has 2 heteroatoms. The predicted octanol–water partition coefficient (Wildman–Crippen LogP) is 2.51. The molecule has 0 radical (unpaired) electrons. The third-order valence-corrected chi connectivity index (χ3v) is 4.31. The van der Waals surface area contributed by atoms with Crippen molar-refractivity contribution in [3.8, 4) is 0 Å². The molecule has 1 heterocycles. The van der Waals surface area contributed by atoms with Crippen molar-refractivity contribution >= 4 is 5.69 Å². The van der Waals surface area contributed by atoms with Gasteiger partial charge in [0.1, 0.15) is 0 Å². The Morgan fingerprint density at radius 1 is 1.31 bits per heavy atom. The Kier molecular flexibility index (Phi) is 2.21. The summed E-state index contributed by atoms with van der Waals surface area (Å²) in [5.41, 5.74) is 1.80. The van der Waals surface area contributed by atoms with Gasteiger partial charge in [-0.05, 0) is 18.9 Å². The van der Waals surface area contributed by atoms with E-state index in [-0.39, 0.29) is 0 Å². The van der Waals surface area contributed by atoms with Gasteiger partial charge in [0.15, 0.2) is 0 Å². The van der Waals surface area contributed by atoms with Crippen molar-refractivity contribution in [3.63, 3.8) is 0 Å². The lowest BCUT2D eigenvalue weighted by Crippen LogP contribution is -2.48. The van der Waals surface area contributed by atoms with E-state index in [0.717, 1.165) is 31.4 Å². The molecule has 1 aromatic carbocycles. The Labute approximate surface area is 96.9 Å². The minimum absolute atomic E-state index is 0.418. The zero-order valence-corrected chi connectivity index (χ0v) is 9.82. The van der Waals surface area contributed by atoms with Gasteiger partial charge in [-0.2, -0.15) is 0 Å². The fraction of sp³-hybridized carbons (Fsp3) is 0.571. The molecule has 0 aromatic heterocycles. The van der Waals surface area contributed by atoms with E-state index in [1.807, 2.05) is 6.07 Å². The Balaban J connectivity index is 2.12. The number of hydrogen-bond donors (Lipinski definition) is 1. The van der Waals surface area contributed by atoms with E-state index in [9.17, 15) is 5.11 Å². The maximum Gasteiger partial charge on any atom is 0.0961 e. The van der Waals surface area contributed by atoms with Gasteiger partial charge in [-0.15, -0.1) is 0 Å². The minimum atomic E-state index is -0.554. The van der Waals surface area contributed by atoms with Crippen LogP contribution < -0.4 is 4.90 Å². The van der Waals surface area contributed by atoms with Gasteiger partial charge in [-0.1, -0.05) is 31.0 Å². The number of benzene rings is 1. The summed E-state index contributed by atoms with van der Waals surface area (Å²) in [6.45, 7) is 0.994. The lowest BCUT2D eigenvalue weighted by atomic mass is 9.69. The molecule has 1 aromatic rings. The highest BCUT2D eigenvalue weighted by Crippen LogP contribution is 2.48. The largest absolute Gasteiger partial charge is 0.385 e. The molecular weight excluding hydrogens is 198 g/mol. The van der Waals surface area contributed by atoms with Crippen molar-refractivity contribution < 1.29 is 5.11 Å². The van der Waals surface area contributed by atoms with E-state index in [1.165, 1.54) is 12.1 Å². The molecule has 1 aliphatic heterocycles. The van der Waals surface area contributed by atoms with Crippen LogP contribution in [0.25, 0.3) is 0 Å². The molecule has 2 nitrogen and oxygen atoms in total. The summed E-state index contributed by atoms with van der Waals surface area (Å²) in [7, 11) is 2.13. The Morgan fingerprint density at radius 2 is 2.12 bits per heavy atom. The van der Waals surface area contributed by atoms with Crippen molar-refractivity contribution in [2.75, 3.05) is 18.5 Å². The third-order valence-electron chi connectivity index (χ3n) is 4.31. The molecular formula is C14H19NO. The second-order valence-corrected chi connectivity index (χ2v) is 5.26. The van der Waals surface area contributed by atoms with Gasteiger partial charge in [-0.3, -0.25) is 0 Å². The van der Waals surface area contributed by atoms with Gasteiger partial charge in [0.2, 0.25) is 0 Å². The summed E-state index contributed by atoms with van der Waals surface area (Å²) < 4.78 is 0. The van der Waals surface area contributed by atoms with Crippen LogP contribution in [0, 0.1) is 5.92 Å². The minimum Gasteiger partial charge on any atom is -0.385 e. The number of nitrogens with zero attached hydrogens (tertiary/aromatic N) is 1. The Morgan fingerprint density at radius 3 is 3.00 bits per heavy atom. The van der Waals surface area contributed by atoms with Gasteiger partial charge < -0.3 is 10.0 Å². The maximum absolute atomic E-state index is 10.9. The Hall–Kier alpha value is -1.02. The van der Waals surface area contributed by atoms with Crippen LogP contribution in [0.1, 0.15) is 31.2 Å². The highest BCUT2D eigenvalue weighted by Gasteiger charge is 2.45. The summed E-state index contributed by atoms with van der Waals surface area (Å²) >= 11 is 0. The number of fused-ring (bicyclic) bond motifs is 3. The van der Waals surface area contributed by atoms with Crippen molar-refractivity contribution in [3.05, 3.63) is 29.8 Å². The van der Waals surface area contributed by atoms with E-state index >= 15 is 0 Å². The van der Waals surface area contributed by atoms with Crippen LogP contribution in [0.15, 0.2) is 24.3 Å². The highest BCUT2D eigenvalue weighted by atomic mass is 16.3. The molecule has 1 fully saturated rings. The molecule has 1 aliphatic carbocycles. The monoisotopic (exact) mass is 217 g/mol. The third kappa shape index (κ3) is 1.29. The molecule has 0 bridgehead atoms. The first kappa shape index (κ1) is 10.2. The van der Waals surface area contributed by atoms with Crippen molar-refractivity contribution in [1.82, 2.24) is 0 Å². The summed E-state index contributed by atoms with van der Waals surface area (Å²) in [5.74, 6) is 0.418. The van der Waals surface area contributed by atoms with Crippen LogP contribution in [-0.2, 0) is 5.60 Å². The van der Waals surface area contributed by atoms with Gasteiger partial charge in [0.05, 0.1) is 5.60 Å². The first-order valence-electron chi connectivity index (χ1n) is 6.25. The van der Waals surface area contributed by atoms with Crippen molar-refractivity contribution in [1.29, 1.82) is 0 Å². The quantitative estimate of drug-likeness (QED) is 0.722. The van der Waals surface area contributed by atoms with Crippen LogP contribution in [0.3, 0.4) is 0 Å². The van der Waals surface area contributed by atoms with E-state index in [0.29, 0.717) is 5.92 Å². The molecule has 0 amide bonds. The standard InChI is InChI=1S/C14H19NO/c1-15-10-11-6-4-5-9-14(11,16)12-7-2-3-8-13(12)15/h2-3,7-8,11,16H,4-6,9-10H2,1H3. The van der Waals surface area contributed by atoms with Crippen LogP contribution >= 0.6 is 0 Å². The fourth-order valence-electron chi connectivity index (χ4n) is 3.43. The predicted molar refractivity (Wildman–Crippen MR) is 65.6 cm³/mol. The first-order valence-corrected chi connectivity index (χ1v) is 6.25. The molecule has 1 N–H and O–H groups in total. The topological polar surface area (TPSA) is 23.5 Å². The number of para-hydroxylation sites is 1. The second kappa shape index (κ2) is 3.49. The van der Waals surface area contributed by atoms with Gasteiger partial charge in [-0.25, -0.2) is 0 Å². The summed E-state index contributed by atoms with van der Waals surface area (Å²) in [6.07, 6.45) is 4.52. The summed E-state index contributed by atoms with van der Waals surface area (Å²) in [5, 5.41) is 10.9. The maximum atomic E-state index is 10.9. The van der Waals surface area contributed by atoms with E-state index in [1.54, 1.807) is 0 Å². The van der Waals surface area contributed by atoms with Crippen LogP contribution in [0.4, 0.5) is 5.69 Å². The van der Waals surface area contributed by atoms with Gasteiger partial charge in [0.25, 0.3) is 0 Å². The SMILES string of the molecule is CN1CC2CCCCC2(O)c2ccccc21. The second-order valence-electron chi connectivity index (χ2n) is 5.26. The van der Waals surface area contributed by atoms with E-state index in [2.05, 4.69) is 30.1 Å². The zero-order chi connectivity index (χ0) is 11.2. The molecule has 3 rings (SSSR count). The van der Waals surface area contributed by atoms with Crippen LogP contribution in [-0.4, -0.2) is 18.7 Å². The van der Waals surface area contributed by atoms with Gasteiger partial charge in [0, 0.05) is 30.8 Å². The lowest BCUT2D eigenvalue weighted by Gasteiger charge is -2.48. The smallest absolute Gasteiger partial charge is 0.0961 e. The Bertz CT molecular complexity index is 403. The van der Waals surface area contributed by atoms with Crippen LogP contribution in [0.5, 0.6) is 0 Å². The molecule has 1 saturated carbocycles. The molecule has 2 atom stereocenters. The molecule has 0 spiro atoms. The average Bonchev–Trinajstić information content (AvgIpc) is 2.31. The molecule has 86 valence electrons. The number of aliphatic hydroxyl groups is 1. The molecule has 16 heavy (non-hydrogen) atoms.